The molecule has 0 N–H and O–H groups in total. The molecule has 2 nitrogen and oxygen atoms in total. The van der Waals surface area contributed by atoms with Gasteiger partial charge in [0.05, 0.1) is 10.0 Å². The first kappa shape index (κ1) is 13.2. The van der Waals surface area contributed by atoms with Crippen molar-refractivity contribution in [3.63, 3.8) is 0 Å². The van der Waals surface area contributed by atoms with E-state index in [0.29, 0.717) is 15.8 Å². The molecule has 0 aliphatic carbocycles. The van der Waals surface area contributed by atoms with Crippen molar-refractivity contribution in [1.82, 2.24) is 0 Å². The molecule has 94 valence electrons. The molecule has 2 rings (SSSR count). The molecule has 0 saturated heterocycles. The van der Waals surface area contributed by atoms with Gasteiger partial charge in [0.15, 0.2) is 5.76 Å². The Hall–Kier alpha value is -1.25. The SMILES string of the molecule is Cc1cc(C(=O)Cc2ccc(Cl)c(Cl)c2)oc1C. The minimum atomic E-state index is -0.0652. The van der Waals surface area contributed by atoms with Gasteiger partial charge in [0.1, 0.15) is 5.76 Å². The van der Waals surface area contributed by atoms with Crippen LogP contribution in [0.5, 0.6) is 0 Å². The Morgan fingerprint density at radius 3 is 2.44 bits per heavy atom. The van der Waals surface area contributed by atoms with E-state index in [-0.39, 0.29) is 12.2 Å². The minimum Gasteiger partial charge on any atom is -0.458 e. The predicted molar refractivity (Wildman–Crippen MR) is 72.7 cm³/mol. The van der Waals surface area contributed by atoms with E-state index in [1.807, 2.05) is 13.8 Å². The standard InChI is InChI=1S/C14H12Cl2O2/c1-8-5-14(18-9(8)2)13(17)7-10-3-4-11(15)12(16)6-10/h3-6H,7H2,1-2H3. The molecule has 0 saturated carbocycles. The van der Waals surface area contributed by atoms with Crippen molar-refractivity contribution in [3.8, 4) is 0 Å². The van der Waals surface area contributed by atoms with E-state index in [2.05, 4.69) is 0 Å². The highest BCUT2D eigenvalue weighted by atomic mass is 35.5. The first-order chi connectivity index (χ1) is 8.47. The van der Waals surface area contributed by atoms with E-state index in [0.717, 1.165) is 16.9 Å². The maximum Gasteiger partial charge on any atom is 0.202 e. The van der Waals surface area contributed by atoms with E-state index < -0.39 is 0 Å². The Morgan fingerprint density at radius 2 is 1.89 bits per heavy atom. The normalized spacial score (nSPS) is 10.7. The van der Waals surface area contributed by atoms with Crippen LogP contribution in [0.4, 0.5) is 0 Å². The fourth-order valence-electron chi connectivity index (χ4n) is 1.63. The number of rotatable bonds is 3. The monoisotopic (exact) mass is 282 g/mol. The zero-order chi connectivity index (χ0) is 13.3. The molecular weight excluding hydrogens is 271 g/mol. The molecule has 0 aliphatic heterocycles. The fraction of sp³-hybridized carbons (Fsp3) is 0.214. The van der Waals surface area contributed by atoms with E-state index in [1.54, 1.807) is 24.3 Å². The second kappa shape index (κ2) is 5.17. The number of aryl methyl sites for hydroxylation is 2. The molecule has 1 heterocycles. The van der Waals surface area contributed by atoms with Crippen molar-refractivity contribution >= 4 is 29.0 Å². The summed E-state index contributed by atoms with van der Waals surface area (Å²) in [5.41, 5.74) is 1.80. The van der Waals surface area contributed by atoms with Gasteiger partial charge in [-0.15, -0.1) is 0 Å². The van der Waals surface area contributed by atoms with Crippen LogP contribution in [-0.2, 0) is 6.42 Å². The summed E-state index contributed by atoms with van der Waals surface area (Å²) >= 11 is 11.7. The van der Waals surface area contributed by atoms with Gasteiger partial charge in [0.2, 0.25) is 5.78 Å². The van der Waals surface area contributed by atoms with E-state index in [1.165, 1.54) is 0 Å². The van der Waals surface area contributed by atoms with Crippen molar-refractivity contribution in [2.75, 3.05) is 0 Å². The first-order valence-electron chi connectivity index (χ1n) is 5.51. The minimum absolute atomic E-state index is 0.0652. The molecule has 0 atom stereocenters. The summed E-state index contributed by atoms with van der Waals surface area (Å²) in [5, 5.41) is 0.936. The molecule has 2 aromatic rings. The van der Waals surface area contributed by atoms with Crippen molar-refractivity contribution in [2.24, 2.45) is 0 Å². The second-order valence-electron chi connectivity index (χ2n) is 4.20. The number of carbonyl (C=O) groups is 1. The largest absolute Gasteiger partial charge is 0.458 e. The van der Waals surface area contributed by atoms with Crippen LogP contribution < -0.4 is 0 Å². The Morgan fingerprint density at radius 1 is 1.17 bits per heavy atom. The third kappa shape index (κ3) is 2.77. The molecule has 4 heteroatoms. The number of Topliss-reactive ketones (excluding diaryl/α,β-unsaturated/α-hetero) is 1. The zero-order valence-electron chi connectivity index (χ0n) is 10.1. The van der Waals surface area contributed by atoms with Crippen LogP contribution in [0.15, 0.2) is 28.7 Å². The molecule has 1 aromatic heterocycles. The average Bonchev–Trinajstić information content (AvgIpc) is 2.65. The highest BCUT2D eigenvalue weighted by Gasteiger charge is 2.13. The topological polar surface area (TPSA) is 30.2 Å². The quantitative estimate of drug-likeness (QED) is 0.769. The van der Waals surface area contributed by atoms with Crippen LogP contribution in [0, 0.1) is 13.8 Å². The van der Waals surface area contributed by atoms with Crippen molar-refractivity contribution < 1.29 is 9.21 Å². The smallest absolute Gasteiger partial charge is 0.202 e. The van der Waals surface area contributed by atoms with Crippen LogP contribution in [0.3, 0.4) is 0 Å². The number of furan rings is 1. The number of carbonyl (C=O) groups excluding carboxylic acids is 1. The van der Waals surface area contributed by atoms with Gasteiger partial charge < -0.3 is 4.42 Å². The summed E-state index contributed by atoms with van der Waals surface area (Å²) in [6.07, 6.45) is 0.253. The van der Waals surface area contributed by atoms with Crippen LogP contribution in [-0.4, -0.2) is 5.78 Å². The van der Waals surface area contributed by atoms with Gasteiger partial charge in [0.25, 0.3) is 0 Å². The number of benzene rings is 1. The summed E-state index contributed by atoms with van der Waals surface area (Å²) in [6.45, 7) is 3.75. The van der Waals surface area contributed by atoms with Crippen LogP contribution in [0.1, 0.15) is 27.4 Å². The lowest BCUT2D eigenvalue weighted by Crippen LogP contribution is -2.02. The molecule has 0 unspecified atom stereocenters. The average molecular weight is 283 g/mol. The van der Waals surface area contributed by atoms with Crippen LogP contribution in [0.2, 0.25) is 10.0 Å². The zero-order valence-corrected chi connectivity index (χ0v) is 11.6. The maximum absolute atomic E-state index is 12.0. The first-order valence-corrected chi connectivity index (χ1v) is 6.27. The molecule has 0 aliphatic rings. The van der Waals surface area contributed by atoms with Gasteiger partial charge in [-0.2, -0.15) is 0 Å². The van der Waals surface area contributed by atoms with Gasteiger partial charge in [-0.25, -0.2) is 0 Å². The molecule has 0 amide bonds. The predicted octanol–water partition coefficient (Wildman–Crippen LogP) is 4.63. The highest BCUT2D eigenvalue weighted by Crippen LogP contribution is 2.23. The van der Waals surface area contributed by atoms with Crippen molar-refractivity contribution in [3.05, 3.63) is 57.0 Å². The molecule has 0 bridgehead atoms. The lowest BCUT2D eigenvalue weighted by Gasteiger charge is -2.01. The Kier molecular flexibility index (Phi) is 3.79. The van der Waals surface area contributed by atoms with Gasteiger partial charge >= 0.3 is 0 Å². The summed E-state index contributed by atoms with van der Waals surface area (Å²) in [6, 6.07) is 6.93. The molecule has 0 fully saturated rings. The summed E-state index contributed by atoms with van der Waals surface area (Å²) < 4.78 is 5.39. The number of ketones is 1. The third-order valence-electron chi connectivity index (χ3n) is 2.79. The van der Waals surface area contributed by atoms with Gasteiger partial charge in [-0.1, -0.05) is 29.3 Å². The van der Waals surface area contributed by atoms with E-state index >= 15 is 0 Å². The highest BCUT2D eigenvalue weighted by molar-refractivity contribution is 6.42. The molecule has 0 spiro atoms. The van der Waals surface area contributed by atoms with Crippen molar-refractivity contribution in [2.45, 2.75) is 20.3 Å². The van der Waals surface area contributed by atoms with Gasteiger partial charge in [-0.3, -0.25) is 4.79 Å². The molecule has 18 heavy (non-hydrogen) atoms. The van der Waals surface area contributed by atoms with Crippen LogP contribution >= 0.6 is 23.2 Å². The lowest BCUT2D eigenvalue weighted by molar-refractivity contribution is 0.0965. The van der Waals surface area contributed by atoms with E-state index in [4.69, 9.17) is 27.6 Å². The van der Waals surface area contributed by atoms with Gasteiger partial charge in [0, 0.05) is 6.42 Å². The maximum atomic E-state index is 12.0. The Balaban J connectivity index is 2.18. The van der Waals surface area contributed by atoms with Crippen molar-refractivity contribution in [1.29, 1.82) is 0 Å². The summed E-state index contributed by atoms with van der Waals surface area (Å²) in [4.78, 5) is 12.0. The molecule has 0 radical (unpaired) electrons. The number of hydrogen-bond donors (Lipinski definition) is 0. The van der Waals surface area contributed by atoms with Crippen LogP contribution in [0.25, 0.3) is 0 Å². The third-order valence-corrected chi connectivity index (χ3v) is 3.53. The fourth-order valence-corrected chi connectivity index (χ4v) is 1.95. The molecule has 1 aromatic carbocycles. The Bertz CT molecular complexity index is 580. The lowest BCUT2D eigenvalue weighted by atomic mass is 10.1. The molecular formula is C14H12Cl2O2. The van der Waals surface area contributed by atoms with E-state index in [9.17, 15) is 4.79 Å². The second-order valence-corrected chi connectivity index (χ2v) is 5.01. The number of hydrogen-bond acceptors (Lipinski definition) is 2. The summed E-state index contributed by atoms with van der Waals surface area (Å²) in [5.74, 6) is 1.09. The Labute approximate surface area is 116 Å². The number of halogens is 2. The summed E-state index contributed by atoms with van der Waals surface area (Å²) in [7, 11) is 0. The van der Waals surface area contributed by atoms with Gasteiger partial charge in [-0.05, 0) is 43.2 Å².